The van der Waals surface area contributed by atoms with Crippen LogP contribution in [0.2, 0.25) is 0 Å². The first kappa shape index (κ1) is 112. The number of esters is 4. The molecule has 0 bridgehead atoms. The van der Waals surface area contributed by atoms with Gasteiger partial charge in [-0.2, -0.15) is 0 Å². The number of amides is 2. The van der Waals surface area contributed by atoms with Gasteiger partial charge in [0.1, 0.15) is 36.6 Å². The van der Waals surface area contributed by atoms with E-state index in [9.17, 15) is 48.5 Å². The van der Waals surface area contributed by atoms with E-state index in [1.165, 1.54) is 186 Å². The number of hydrogen-bond donors (Lipinski definition) is 6. The third-order valence-corrected chi connectivity index (χ3v) is 24.5. The third-order valence-electron chi connectivity index (χ3n) is 23.9. The quantitative estimate of drug-likeness (QED) is 0.0143. The van der Waals surface area contributed by atoms with Crippen molar-refractivity contribution >= 4 is 43.5 Å². The van der Waals surface area contributed by atoms with Gasteiger partial charge < -0.3 is 59.1 Å². The van der Waals surface area contributed by atoms with Crippen LogP contribution >= 0.6 is 7.82 Å². The summed E-state index contributed by atoms with van der Waals surface area (Å²) in [6.07, 6.45) is 57.2. The molecule has 6 N–H and O–H groups in total. The highest BCUT2D eigenvalue weighted by atomic mass is 31.2. The summed E-state index contributed by atoms with van der Waals surface area (Å²) in [5, 5.41) is 28.5. The molecule has 20 nitrogen and oxygen atoms in total. The highest BCUT2D eigenvalue weighted by Crippen LogP contribution is 2.43. The van der Waals surface area contributed by atoms with Gasteiger partial charge in [0.2, 0.25) is 11.8 Å². The number of ether oxygens (including phenoxy) is 6. The number of phosphoric ester groups is 1. The van der Waals surface area contributed by atoms with Crippen LogP contribution in [0.4, 0.5) is 0 Å². The van der Waals surface area contributed by atoms with Gasteiger partial charge in [-0.25, -0.2) is 4.57 Å². The van der Waals surface area contributed by atoms with Gasteiger partial charge in [0.25, 0.3) is 0 Å². The number of aliphatic hydroxyl groups is 2. The Morgan fingerprint density at radius 2 is 0.650 bits per heavy atom. The molecule has 0 aliphatic carbocycles. The Hall–Kier alpha value is -3.23. The van der Waals surface area contributed by atoms with Gasteiger partial charge >= 0.3 is 31.7 Å². The van der Waals surface area contributed by atoms with E-state index < -0.39 is 112 Å². The largest absolute Gasteiger partial charge is 0.470 e. The Labute approximate surface area is 715 Å². The second-order valence-electron chi connectivity index (χ2n) is 35.1. The van der Waals surface area contributed by atoms with Crippen molar-refractivity contribution in [2.75, 3.05) is 26.4 Å². The van der Waals surface area contributed by atoms with Crippen LogP contribution < -0.4 is 10.6 Å². The summed E-state index contributed by atoms with van der Waals surface area (Å²) in [5.41, 5.74) is -1.24. The van der Waals surface area contributed by atoms with E-state index in [1.54, 1.807) is 0 Å². The smallest absolute Gasteiger partial charge is 0.462 e. The molecule has 117 heavy (non-hydrogen) atoms. The molecule has 0 aromatic heterocycles. The molecular formula is C96H183N2O18P. The standard InChI is InChI=1S/C96H183N2O18P/c1-8-15-21-27-33-39-42-48-54-60-66-72-88(103)111-82(69-63-57-51-45-36-30-24-18-11-4)75-86(101)97-79-96(14-7,80-100)81-110-95-92(98-87(102)76-83(70-64-58-52-46-37-31-25-19-12-5)112-89(104)73-67-61-55-49-43-40-34-28-22-16-9-2)94(93(85(78-99)114-95)116-117(107,108)109)115-91(106)77-84(71-65-59-53-47-38-32-26-20-13-6)113-90(105)74-68-62-56-50-44-41-35-29-23-17-10-3/h82-85,92-95,99-100H,8-81H2,1-7H3,(H,97,101)(H,98,102)(H2,107,108,109)/t82-,83-,84-,85?,92+,93-,94?,95+,96?/m1/s1. The first-order valence-corrected chi connectivity index (χ1v) is 51.0. The maximum atomic E-state index is 15.1. The van der Waals surface area contributed by atoms with E-state index in [-0.39, 0.29) is 57.6 Å². The molecule has 1 aliphatic rings. The SMILES string of the molecule is CCCCCCCCCCCCCC(=O)O[C@H](CCCCCCCCCCC)CC(=O)NCC(CC)(CO)CO[C@H]1OC(CO)[C@@H](OP(=O)(O)O)C(OC(=O)C[C@@H](CCCCCCCCCCC)OC(=O)CCCCCCCCCCCCC)[C@@H]1NC(=O)C[C@@H](CCCCCCCCCCC)OC(=O)CCCCCCCCCCCCC. The molecule has 1 fully saturated rings. The number of carbonyl (C=O) groups excluding carboxylic acids is 6. The van der Waals surface area contributed by atoms with Crippen LogP contribution in [0.5, 0.6) is 0 Å². The maximum absolute atomic E-state index is 15.1. The van der Waals surface area contributed by atoms with Crippen molar-refractivity contribution in [2.45, 2.75) is 547 Å². The number of rotatable bonds is 87. The van der Waals surface area contributed by atoms with E-state index in [4.69, 9.17) is 32.9 Å². The molecule has 0 spiro atoms. The number of unbranched alkanes of at least 4 members (excludes halogenated alkanes) is 54. The summed E-state index contributed by atoms with van der Waals surface area (Å²) >= 11 is 0. The fraction of sp³-hybridized carbons (Fsp3) is 0.938. The minimum Gasteiger partial charge on any atom is -0.462 e. The van der Waals surface area contributed by atoms with Crippen LogP contribution in [0.25, 0.3) is 0 Å². The zero-order valence-electron chi connectivity index (χ0n) is 76.4. The molecule has 3 unspecified atom stereocenters. The second-order valence-corrected chi connectivity index (χ2v) is 36.3. The van der Waals surface area contributed by atoms with Gasteiger partial charge in [-0.3, -0.25) is 33.3 Å². The highest BCUT2D eigenvalue weighted by Gasteiger charge is 2.53. The molecule has 1 rings (SSSR count). The van der Waals surface area contributed by atoms with Gasteiger partial charge in [0.15, 0.2) is 12.4 Å². The minimum absolute atomic E-state index is 0.105. The summed E-state index contributed by atoms with van der Waals surface area (Å²) in [4.78, 5) is 107. The Balaban J connectivity index is 3.84. The van der Waals surface area contributed by atoms with Crippen LogP contribution in [0, 0.1) is 5.41 Å². The van der Waals surface area contributed by atoms with Crippen LogP contribution in [0.15, 0.2) is 0 Å². The zero-order chi connectivity index (χ0) is 85.8. The van der Waals surface area contributed by atoms with E-state index in [1.807, 2.05) is 6.92 Å². The van der Waals surface area contributed by atoms with Gasteiger partial charge in [-0.15, -0.1) is 0 Å². The normalized spacial score (nSPS) is 17.0. The summed E-state index contributed by atoms with van der Waals surface area (Å²) in [7, 11) is -5.53. The topological polar surface area (TPSA) is 289 Å². The number of phosphoric acid groups is 1. The number of carbonyl (C=O) groups is 6. The molecular weight excluding hydrogens is 1500 g/mol. The van der Waals surface area contributed by atoms with Crippen molar-refractivity contribution in [2.24, 2.45) is 5.41 Å². The lowest BCUT2D eigenvalue weighted by molar-refractivity contribution is -0.278. The fourth-order valence-corrected chi connectivity index (χ4v) is 16.7. The van der Waals surface area contributed by atoms with Crippen molar-refractivity contribution < 1.29 is 86.3 Å². The monoisotopic (exact) mass is 1680 g/mol. The van der Waals surface area contributed by atoms with E-state index in [0.717, 1.165) is 167 Å². The summed E-state index contributed by atoms with van der Waals surface area (Å²) < 4.78 is 56.4. The molecule has 0 aromatic rings. The van der Waals surface area contributed by atoms with Crippen molar-refractivity contribution in [3.05, 3.63) is 0 Å². The molecule has 0 aromatic carbocycles. The minimum atomic E-state index is -5.53. The van der Waals surface area contributed by atoms with Crippen LogP contribution in [0.3, 0.4) is 0 Å². The molecule has 2 amide bonds. The van der Waals surface area contributed by atoms with Crippen molar-refractivity contribution in [3.8, 4) is 0 Å². The van der Waals surface area contributed by atoms with Gasteiger partial charge in [0, 0.05) is 31.2 Å². The lowest BCUT2D eigenvalue weighted by Crippen LogP contribution is -2.66. The van der Waals surface area contributed by atoms with Gasteiger partial charge in [-0.05, 0) is 64.2 Å². The Bertz CT molecular complexity index is 2380. The van der Waals surface area contributed by atoms with Gasteiger partial charge in [0.05, 0.1) is 39.1 Å². The molecule has 1 heterocycles. The zero-order valence-corrected chi connectivity index (χ0v) is 77.3. The Morgan fingerprint density at radius 1 is 0.368 bits per heavy atom. The van der Waals surface area contributed by atoms with Gasteiger partial charge in [-0.1, -0.05) is 395 Å². The van der Waals surface area contributed by atoms with Crippen LogP contribution in [-0.2, 0) is 66.3 Å². The molecule has 9 atom stereocenters. The van der Waals surface area contributed by atoms with E-state index in [2.05, 4.69) is 52.2 Å². The van der Waals surface area contributed by atoms with Crippen molar-refractivity contribution in [1.82, 2.24) is 10.6 Å². The molecule has 1 aliphatic heterocycles. The van der Waals surface area contributed by atoms with E-state index >= 15 is 4.79 Å². The lowest BCUT2D eigenvalue weighted by atomic mass is 9.86. The van der Waals surface area contributed by atoms with Crippen molar-refractivity contribution in [3.63, 3.8) is 0 Å². The fourth-order valence-electron chi connectivity index (χ4n) is 16.1. The summed E-state index contributed by atoms with van der Waals surface area (Å²) in [6, 6.07) is -1.65. The highest BCUT2D eigenvalue weighted by molar-refractivity contribution is 7.46. The van der Waals surface area contributed by atoms with Crippen LogP contribution in [0.1, 0.15) is 498 Å². The second kappa shape index (κ2) is 78.7. The Morgan fingerprint density at radius 3 is 0.932 bits per heavy atom. The van der Waals surface area contributed by atoms with E-state index in [0.29, 0.717) is 51.4 Å². The predicted molar refractivity (Wildman–Crippen MR) is 476 cm³/mol. The number of hydrogen-bond acceptors (Lipinski definition) is 16. The molecule has 21 heteroatoms. The molecule has 0 radical (unpaired) electrons. The number of aliphatic hydroxyl groups excluding tert-OH is 2. The summed E-state index contributed by atoms with van der Waals surface area (Å²) in [6.45, 7) is 13.1. The first-order valence-electron chi connectivity index (χ1n) is 49.4. The maximum Gasteiger partial charge on any atom is 0.470 e. The molecule has 690 valence electrons. The molecule has 1 saturated heterocycles. The average Bonchev–Trinajstić information content (AvgIpc) is 0.777. The average molecular weight is 1680 g/mol. The lowest BCUT2D eigenvalue weighted by Gasteiger charge is -2.46. The van der Waals surface area contributed by atoms with Crippen molar-refractivity contribution in [1.29, 1.82) is 0 Å². The summed E-state index contributed by atoms with van der Waals surface area (Å²) in [5.74, 6) is -3.26. The predicted octanol–water partition coefficient (Wildman–Crippen LogP) is 24.9. The molecule has 0 saturated carbocycles. The number of nitrogens with one attached hydrogen (secondary N) is 2. The third kappa shape index (κ3) is 65.1. The first-order chi connectivity index (χ1) is 56.9. The Kier molecular flexibility index (Phi) is 75.2. The van der Waals surface area contributed by atoms with Crippen LogP contribution in [-0.4, -0.2) is 131 Å².